The first-order chi connectivity index (χ1) is 11.2. The monoisotopic (exact) mass is 314 g/mol. The normalized spacial score (nSPS) is 20.7. The second-order valence-corrected chi connectivity index (χ2v) is 5.89. The van der Waals surface area contributed by atoms with E-state index in [2.05, 4.69) is 32.2 Å². The van der Waals surface area contributed by atoms with E-state index < -0.39 is 0 Å². The molecular formula is C16H22N6O. The predicted molar refractivity (Wildman–Crippen MR) is 86.6 cm³/mol. The van der Waals surface area contributed by atoms with Crippen molar-refractivity contribution in [3.05, 3.63) is 36.5 Å². The summed E-state index contributed by atoms with van der Waals surface area (Å²) in [5, 5.41) is 7.11. The first kappa shape index (κ1) is 15.5. The van der Waals surface area contributed by atoms with Crippen molar-refractivity contribution in [2.75, 3.05) is 18.0 Å². The van der Waals surface area contributed by atoms with Crippen LogP contribution >= 0.6 is 0 Å². The molecule has 1 aliphatic heterocycles. The number of rotatable bonds is 5. The molecule has 3 rings (SSSR count). The summed E-state index contributed by atoms with van der Waals surface area (Å²) in [6.07, 6.45) is 3.30. The number of nitrogens with zero attached hydrogens (tertiary/aromatic N) is 5. The molecule has 2 atom stereocenters. The van der Waals surface area contributed by atoms with Gasteiger partial charge in [0.15, 0.2) is 0 Å². The number of amides is 1. The topological polar surface area (TPSA) is 75.9 Å². The molecule has 122 valence electrons. The number of carbonyl (C=O) groups excluding carboxylic acids is 1. The standard InChI is InChI=1S/C16H22N6O/c1-3-22-15(19-11-20-22)8-18-16(23)13-10-21(9-12(13)2)14-6-4-5-7-17-14/h4-7,11-13H,3,8-10H2,1-2H3,(H,18,23)/t12-,13-/m1/s1. The summed E-state index contributed by atoms with van der Waals surface area (Å²) in [5.41, 5.74) is 0. The van der Waals surface area contributed by atoms with Crippen LogP contribution in [0.1, 0.15) is 19.7 Å². The minimum absolute atomic E-state index is 0.0324. The summed E-state index contributed by atoms with van der Waals surface area (Å²) in [6, 6.07) is 5.85. The average molecular weight is 314 g/mol. The molecule has 1 saturated heterocycles. The Morgan fingerprint density at radius 3 is 2.96 bits per heavy atom. The SMILES string of the molecule is CCn1ncnc1CNC(=O)[C@@H]1CN(c2ccccn2)C[C@H]1C. The zero-order valence-electron chi connectivity index (χ0n) is 13.5. The highest BCUT2D eigenvalue weighted by Crippen LogP contribution is 2.26. The van der Waals surface area contributed by atoms with E-state index in [1.54, 1.807) is 10.9 Å². The van der Waals surface area contributed by atoms with Crippen LogP contribution in [0.25, 0.3) is 0 Å². The van der Waals surface area contributed by atoms with Gasteiger partial charge in [-0.1, -0.05) is 13.0 Å². The first-order valence-electron chi connectivity index (χ1n) is 7.99. The van der Waals surface area contributed by atoms with Crippen LogP contribution in [0.5, 0.6) is 0 Å². The molecule has 0 unspecified atom stereocenters. The van der Waals surface area contributed by atoms with Gasteiger partial charge in [-0.3, -0.25) is 4.79 Å². The maximum atomic E-state index is 12.5. The number of pyridine rings is 1. The van der Waals surface area contributed by atoms with E-state index in [1.807, 2.05) is 25.1 Å². The Morgan fingerprint density at radius 2 is 2.22 bits per heavy atom. The maximum absolute atomic E-state index is 12.5. The smallest absolute Gasteiger partial charge is 0.225 e. The molecule has 1 aliphatic rings. The van der Waals surface area contributed by atoms with Crippen molar-refractivity contribution < 1.29 is 4.79 Å². The van der Waals surface area contributed by atoms with Crippen LogP contribution in [0.3, 0.4) is 0 Å². The molecule has 0 saturated carbocycles. The highest BCUT2D eigenvalue weighted by molar-refractivity contribution is 5.80. The number of anilines is 1. The number of aryl methyl sites for hydroxylation is 1. The molecule has 3 heterocycles. The quantitative estimate of drug-likeness (QED) is 0.894. The van der Waals surface area contributed by atoms with Crippen LogP contribution < -0.4 is 10.2 Å². The van der Waals surface area contributed by atoms with Crippen molar-refractivity contribution in [3.63, 3.8) is 0 Å². The number of carbonyl (C=O) groups is 1. The predicted octanol–water partition coefficient (Wildman–Crippen LogP) is 1.08. The van der Waals surface area contributed by atoms with Gasteiger partial charge in [-0.15, -0.1) is 0 Å². The largest absolute Gasteiger partial charge is 0.356 e. The van der Waals surface area contributed by atoms with Crippen molar-refractivity contribution in [1.82, 2.24) is 25.1 Å². The maximum Gasteiger partial charge on any atom is 0.225 e. The zero-order valence-corrected chi connectivity index (χ0v) is 13.5. The molecule has 1 N–H and O–H groups in total. The Hall–Kier alpha value is -2.44. The fraction of sp³-hybridized carbons (Fsp3) is 0.500. The van der Waals surface area contributed by atoms with Crippen molar-refractivity contribution >= 4 is 11.7 Å². The second-order valence-electron chi connectivity index (χ2n) is 5.89. The van der Waals surface area contributed by atoms with Crippen LogP contribution in [0.2, 0.25) is 0 Å². The summed E-state index contributed by atoms with van der Waals surface area (Å²) in [7, 11) is 0. The second kappa shape index (κ2) is 6.76. The summed E-state index contributed by atoms with van der Waals surface area (Å²) >= 11 is 0. The highest BCUT2D eigenvalue weighted by atomic mass is 16.2. The van der Waals surface area contributed by atoms with E-state index in [9.17, 15) is 4.79 Å². The molecule has 1 fully saturated rings. The molecule has 0 aromatic carbocycles. The summed E-state index contributed by atoms with van der Waals surface area (Å²) in [6.45, 7) is 6.83. The van der Waals surface area contributed by atoms with Crippen LogP contribution in [0, 0.1) is 11.8 Å². The fourth-order valence-corrected chi connectivity index (χ4v) is 3.02. The van der Waals surface area contributed by atoms with Gasteiger partial charge in [0.2, 0.25) is 5.91 Å². The van der Waals surface area contributed by atoms with Gasteiger partial charge in [0.05, 0.1) is 12.5 Å². The van der Waals surface area contributed by atoms with E-state index >= 15 is 0 Å². The lowest BCUT2D eigenvalue weighted by atomic mass is 9.97. The summed E-state index contributed by atoms with van der Waals surface area (Å²) in [5.74, 6) is 2.05. The molecule has 7 heteroatoms. The van der Waals surface area contributed by atoms with Gasteiger partial charge in [0.25, 0.3) is 0 Å². The van der Waals surface area contributed by atoms with Gasteiger partial charge in [-0.2, -0.15) is 5.10 Å². The molecule has 1 amide bonds. The lowest BCUT2D eigenvalue weighted by molar-refractivity contribution is -0.125. The van der Waals surface area contributed by atoms with Gasteiger partial charge >= 0.3 is 0 Å². The lowest BCUT2D eigenvalue weighted by Gasteiger charge is -2.17. The Balaban J connectivity index is 1.59. The van der Waals surface area contributed by atoms with E-state index in [4.69, 9.17) is 0 Å². The van der Waals surface area contributed by atoms with Gasteiger partial charge < -0.3 is 10.2 Å². The molecule has 0 bridgehead atoms. The van der Waals surface area contributed by atoms with Crippen molar-refractivity contribution in [1.29, 1.82) is 0 Å². The Bertz CT molecular complexity index is 656. The molecule has 0 aliphatic carbocycles. The van der Waals surface area contributed by atoms with Crippen molar-refractivity contribution in [3.8, 4) is 0 Å². The average Bonchev–Trinajstić information content (AvgIpc) is 3.19. The van der Waals surface area contributed by atoms with E-state index in [0.717, 1.165) is 24.7 Å². The van der Waals surface area contributed by atoms with Crippen LogP contribution in [-0.2, 0) is 17.9 Å². The Kier molecular flexibility index (Phi) is 4.55. The molecule has 7 nitrogen and oxygen atoms in total. The van der Waals surface area contributed by atoms with E-state index in [0.29, 0.717) is 19.0 Å². The molecular weight excluding hydrogens is 292 g/mol. The van der Waals surface area contributed by atoms with Gasteiger partial charge in [0.1, 0.15) is 18.0 Å². The molecule has 0 spiro atoms. The Morgan fingerprint density at radius 1 is 1.35 bits per heavy atom. The van der Waals surface area contributed by atoms with Crippen LogP contribution in [0.4, 0.5) is 5.82 Å². The molecule has 2 aromatic rings. The number of aromatic nitrogens is 4. The van der Waals surface area contributed by atoms with Crippen molar-refractivity contribution in [2.45, 2.75) is 26.9 Å². The number of hydrogen-bond acceptors (Lipinski definition) is 5. The third kappa shape index (κ3) is 3.33. The molecule has 2 aromatic heterocycles. The highest BCUT2D eigenvalue weighted by Gasteiger charge is 2.35. The number of nitrogens with one attached hydrogen (secondary N) is 1. The van der Waals surface area contributed by atoms with Gasteiger partial charge in [0, 0.05) is 25.8 Å². The zero-order chi connectivity index (χ0) is 16.2. The Labute approximate surface area is 135 Å². The number of hydrogen-bond donors (Lipinski definition) is 1. The minimum atomic E-state index is -0.0324. The summed E-state index contributed by atoms with van der Waals surface area (Å²) in [4.78, 5) is 23.2. The molecule has 23 heavy (non-hydrogen) atoms. The minimum Gasteiger partial charge on any atom is -0.356 e. The third-order valence-electron chi connectivity index (χ3n) is 4.34. The van der Waals surface area contributed by atoms with Crippen LogP contribution in [0.15, 0.2) is 30.7 Å². The van der Waals surface area contributed by atoms with Crippen molar-refractivity contribution in [2.24, 2.45) is 11.8 Å². The van der Waals surface area contributed by atoms with Gasteiger partial charge in [-0.25, -0.2) is 14.6 Å². The first-order valence-corrected chi connectivity index (χ1v) is 7.99. The van der Waals surface area contributed by atoms with Gasteiger partial charge in [-0.05, 0) is 25.0 Å². The van der Waals surface area contributed by atoms with Crippen LogP contribution in [-0.4, -0.2) is 38.7 Å². The third-order valence-corrected chi connectivity index (χ3v) is 4.34. The molecule has 0 radical (unpaired) electrons. The summed E-state index contributed by atoms with van der Waals surface area (Å²) < 4.78 is 1.79. The fourth-order valence-electron chi connectivity index (χ4n) is 3.02. The lowest BCUT2D eigenvalue weighted by Crippen LogP contribution is -2.35. The van der Waals surface area contributed by atoms with E-state index in [1.165, 1.54) is 6.33 Å². The van der Waals surface area contributed by atoms with E-state index in [-0.39, 0.29) is 11.8 Å².